The topological polar surface area (TPSA) is 51.2 Å². The molecular formula is C10H14N2O2S. The van der Waals surface area contributed by atoms with Crippen molar-refractivity contribution in [3.8, 4) is 0 Å². The molecule has 1 rings (SSSR count). The van der Waals surface area contributed by atoms with E-state index in [0.29, 0.717) is 5.75 Å². The third-order valence-electron chi connectivity index (χ3n) is 1.80. The van der Waals surface area contributed by atoms with E-state index >= 15 is 0 Å². The fourth-order valence-electron chi connectivity index (χ4n) is 0.969. The summed E-state index contributed by atoms with van der Waals surface area (Å²) in [6, 6.07) is 3.90. The number of rotatable bonds is 5. The van der Waals surface area contributed by atoms with Crippen LogP contribution in [0, 0.1) is 0 Å². The van der Waals surface area contributed by atoms with Crippen LogP contribution in [0.4, 0.5) is 5.82 Å². The van der Waals surface area contributed by atoms with Crippen molar-refractivity contribution < 1.29 is 9.53 Å². The van der Waals surface area contributed by atoms with E-state index in [0.717, 1.165) is 17.1 Å². The Balaban J connectivity index is 2.34. The molecule has 5 heteroatoms. The van der Waals surface area contributed by atoms with Gasteiger partial charge in [0.15, 0.2) is 0 Å². The summed E-state index contributed by atoms with van der Waals surface area (Å²) in [5.41, 5.74) is 1.10. The van der Waals surface area contributed by atoms with Gasteiger partial charge in [-0.15, -0.1) is 11.8 Å². The smallest absolute Gasteiger partial charge is 0.315 e. The minimum Gasteiger partial charge on any atom is -0.468 e. The number of carbonyl (C=O) groups excluding carboxylic acids is 1. The van der Waals surface area contributed by atoms with Crippen molar-refractivity contribution in [2.24, 2.45) is 0 Å². The summed E-state index contributed by atoms with van der Waals surface area (Å²) < 4.78 is 4.54. The molecule has 15 heavy (non-hydrogen) atoms. The maximum atomic E-state index is 10.8. The number of anilines is 1. The first-order chi connectivity index (χ1) is 7.26. The first-order valence-electron chi connectivity index (χ1n) is 4.53. The van der Waals surface area contributed by atoms with E-state index in [-0.39, 0.29) is 5.97 Å². The van der Waals surface area contributed by atoms with Crippen molar-refractivity contribution in [1.82, 2.24) is 4.98 Å². The van der Waals surface area contributed by atoms with E-state index in [1.165, 1.54) is 18.9 Å². The number of carbonyl (C=O) groups is 1. The van der Waals surface area contributed by atoms with Gasteiger partial charge in [-0.3, -0.25) is 4.79 Å². The summed E-state index contributed by atoms with van der Waals surface area (Å²) in [4.78, 5) is 15.0. The molecule has 4 nitrogen and oxygen atoms in total. The SMILES string of the molecule is CNc1ccc(CSCC(=O)OC)cn1. The highest BCUT2D eigenvalue weighted by Gasteiger charge is 2.00. The van der Waals surface area contributed by atoms with Gasteiger partial charge in [-0.2, -0.15) is 0 Å². The number of nitrogens with zero attached hydrogens (tertiary/aromatic N) is 1. The van der Waals surface area contributed by atoms with Crippen LogP contribution >= 0.6 is 11.8 Å². The summed E-state index contributed by atoms with van der Waals surface area (Å²) in [5.74, 6) is 1.80. The average molecular weight is 226 g/mol. The normalized spacial score (nSPS) is 9.73. The third kappa shape index (κ3) is 4.20. The van der Waals surface area contributed by atoms with Crippen LogP contribution in [0.5, 0.6) is 0 Å². The number of thioether (sulfide) groups is 1. The average Bonchev–Trinajstić information content (AvgIpc) is 2.29. The monoisotopic (exact) mass is 226 g/mol. The van der Waals surface area contributed by atoms with Crippen molar-refractivity contribution in [3.05, 3.63) is 23.9 Å². The van der Waals surface area contributed by atoms with Crippen LogP contribution in [0.15, 0.2) is 18.3 Å². The summed E-state index contributed by atoms with van der Waals surface area (Å²) in [6.45, 7) is 0. The van der Waals surface area contributed by atoms with Gasteiger partial charge in [-0.1, -0.05) is 6.07 Å². The van der Waals surface area contributed by atoms with Crippen LogP contribution in [0.1, 0.15) is 5.56 Å². The lowest BCUT2D eigenvalue weighted by molar-refractivity contribution is -0.137. The number of hydrogen-bond donors (Lipinski definition) is 1. The van der Waals surface area contributed by atoms with Gasteiger partial charge in [0.2, 0.25) is 0 Å². The lowest BCUT2D eigenvalue weighted by Gasteiger charge is -2.02. The molecule has 0 aliphatic rings. The Labute approximate surface area is 93.4 Å². The Hall–Kier alpha value is -1.23. The number of esters is 1. The zero-order chi connectivity index (χ0) is 11.1. The zero-order valence-corrected chi connectivity index (χ0v) is 9.63. The molecule has 0 aromatic carbocycles. The highest BCUT2D eigenvalue weighted by atomic mass is 32.2. The van der Waals surface area contributed by atoms with E-state index in [2.05, 4.69) is 15.0 Å². The number of pyridine rings is 1. The van der Waals surface area contributed by atoms with Gasteiger partial charge < -0.3 is 10.1 Å². The maximum Gasteiger partial charge on any atom is 0.315 e. The Morgan fingerprint density at radius 1 is 1.60 bits per heavy atom. The number of methoxy groups -OCH3 is 1. The van der Waals surface area contributed by atoms with Crippen LogP contribution < -0.4 is 5.32 Å². The standard InChI is InChI=1S/C10H14N2O2S/c1-11-9-4-3-8(5-12-9)6-15-7-10(13)14-2/h3-5H,6-7H2,1-2H3,(H,11,12). The first kappa shape index (κ1) is 11.8. The summed E-state index contributed by atoms with van der Waals surface area (Å²) >= 11 is 1.52. The Morgan fingerprint density at radius 2 is 2.40 bits per heavy atom. The van der Waals surface area contributed by atoms with Crippen LogP contribution in [-0.4, -0.2) is 30.9 Å². The number of hydrogen-bond acceptors (Lipinski definition) is 5. The molecule has 0 amide bonds. The van der Waals surface area contributed by atoms with Gasteiger partial charge in [-0.25, -0.2) is 4.98 Å². The van der Waals surface area contributed by atoms with E-state index in [4.69, 9.17) is 0 Å². The van der Waals surface area contributed by atoms with Crippen LogP contribution in [0.3, 0.4) is 0 Å². The van der Waals surface area contributed by atoms with Crippen molar-refractivity contribution in [1.29, 1.82) is 0 Å². The van der Waals surface area contributed by atoms with Gasteiger partial charge in [0, 0.05) is 19.0 Å². The first-order valence-corrected chi connectivity index (χ1v) is 5.69. The van der Waals surface area contributed by atoms with Crippen molar-refractivity contribution in [2.45, 2.75) is 5.75 Å². The number of nitrogens with one attached hydrogen (secondary N) is 1. The van der Waals surface area contributed by atoms with Crippen molar-refractivity contribution in [3.63, 3.8) is 0 Å². The summed E-state index contributed by atoms with van der Waals surface area (Å²) in [7, 11) is 3.22. The van der Waals surface area contributed by atoms with Crippen LogP contribution in [-0.2, 0) is 15.3 Å². The molecule has 82 valence electrons. The van der Waals surface area contributed by atoms with Crippen molar-refractivity contribution in [2.75, 3.05) is 25.2 Å². The molecule has 0 saturated heterocycles. The van der Waals surface area contributed by atoms with E-state index in [1.807, 2.05) is 19.2 Å². The summed E-state index contributed by atoms with van der Waals surface area (Å²) in [5, 5.41) is 2.95. The lowest BCUT2D eigenvalue weighted by Crippen LogP contribution is -2.03. The Kier molecular flexibility index (Phi) is 4.97. The molecule has 0 spiro atoms. The minimum absolute atomic E-state index is 0.195. The third-order valence-corrected chi connectivity index (χ3v) is 2.77. The quantitative estimate of drug-likeness (QED) is 0.772. The summed E-state index contributed by atoms with van der Waals surface area (Å²) in [6.07, 6.45) is 1.80. The molecule has 1 aromatic rings. The molecule has 0 aliphatic carbocycles. The van der Waals surface area contributed by atoms with Gasteiger partial charge in [0.1, 0.15) is 5.82 Å². The molecule has 0 aliphatic heterocycles. The Bertz CT molecular complexity index is 314. The predicted octanol–water partition coefficient (Wildman–Crippen LogP) is 1.53. The fourth-order valence-corrected chi connectivity index (χ4v) is 1.76. The van der Waals surface area contributed by atoms with E-state index < -0.39 is 0 Å². The molecule has 0 saturated carbocycles. The van der Waals surface area contributed by atoms with E-state index in [1.54, 1.807) is 6.20 Å². The second kappa shape index (κ2) is 6.29. The molecular weight excluding hydrogens is 212 g/mol. The number of ether oxygens (including phenoxy) is 1. The zero-order valence-electron chi connectivity index (χ0n) is 8.82. The molecule has 1 N–H and O–H groups in total. The van der Waals surface area contributed by atoms with Gasteiger partial charge in [0.25, 0.3) is 0 Å². The highest BCUT2D eigenvalue weighted by molar-refractivity contribution is 7.99. The van der Waals surface area contributed by atoms with Crippen LogP contribution in [0.2, 0.25) is 0 Å². The molecule has 0 atom stereocenters. The fraction of sp³-hybridized carbons (Fsp3) is 0.400. The molecule has 0 radical (unpaired) electrons. The molecule has 0 unspecified atom stereocenters. The highest BCUT2D eigenvalue weighted by Crippen LogP contribution is 2.12. The number of aromatic nitrogens is 1. The van der Waals surface area contributed by atoms with Gasteiger partial charge in [-0.05, 0) is 11.6 Å². The van der Waals surface area contributed by atoms with Crippen LogP contribution in [0.25, 0.3) is 0 Å². The second-order valence-electron chi connectivity index (χ2n) is 2.87. The maximum absolute atomic E-state index is 10.8. The molecule has 0 bridgehead atoms. The molecule has 1 aromatic heterocycles. The molecule has 1 heterocycles. The van der Waals surface area contributed by atoms with Crippen molar-refractivity contribution >= 4 is 23.5 Å². The molecule has 0 fully saturated rings. The predicted molar refractivity (Wildman–Crippen MR) is 62.0 cm³/mol. The largest absolute Gasteiger partial charge is 0.468 e. The minimum atomic E-state index is -0.195. The second-order valence-corrected chi connectivity index (χ2v) is 3.86. The van der Waals surface area contributed by atoms with E-state index in [9.17, 15) is 4.79 Å². The van der Waals surface area contributed by atoms with Gasteiger partial charge in [0.05, 0.1) is 12.9 Å². The lowest BCUT2D eigenvalue weighted by atomic mass is 10.3. The van der Waals surface area contributed by atoms with Gasteiger partial charge >= 0.3 is 5.97 Å². The Morgan fingerprint density at radius 3 is 2.93 bits per heavy atom.